The first-order chi connectivity index (χ1) is 10.2. The lowest BCUT2D eigenvalue weighted by molar-refractivity contribution is 0.576. The van der Waals surface area contributed by atoms with Gasteiger partial charge in [0.15, 0.2) is 0 Å². The lowest BCUT2D eigenvalue weighted by Crippen LogP contribution is -2.23. The molecule has 1 nitrogen and oxygen atoms in total. The summed E-state index contributed by atoms with van der Waals surface area (Å²) in [6.45, 7) is 6.31. The molecular weight excluding hydrogens is 278 g/mol. The first kappa shape index (κ1) is 16.1. The Morgan fingerprint density at radius 1 is 1.10 bits per heavy atom. The number of benzene rings is 2. The van der Waals surface area contributed by atoms with Gasteiger partial charge in [0.05, 0.1) is 0 Å². The monoisotopic (exact) mass is 301 g/mol. The van der Waals surface area contributed by atoms with Crippen LogP contribution in [0.25, 0.3) is 0 Å². The minimum Gasteiger partial charge on any atom is -0.316 e. The van der Waals surface area contributed by atoms with E-state index in [9.17, 15) is 0 Å². The van der Waals surface area contributed by atoms with Gasteiger partial charge in [-0.2, -0.15) is 0 Å². The second kappa shape index (κ2) is 8.21. The topological polar surface area (TPSA) is 12.0 Å². The number of halogens is 1. The van der Waals surface area contributed by atoms with Crippen LogP contribution in [0.3, 0.4) is 0 Å². The summed E-state index contributed by atoms with van der Waals surface area (Å²) in [4.78, 5) is 0. The zero-order chi connectivity index (χ0) is 15.1. The SMILES string of the molecule is CCCNCC(Cc1ccc(C)c(Cl)c1)c1ccccc1. The number of hydrogen-bond acceptors (Lipinski definition) is 1. The van der Waals surface area contributed by atoms with Crippen molar-refractivity contribution >= 4 is 11.6 Å². The summed E-state index contributed by atoms with van der Waals surface area (Å²) in [7, 11) is 0. The fourth-order valence-electron chi connectivity index (χ4n) is 2.53. The molecule has 0 bridgehead atoms. The molecule has 2 aromatic rings. The normalized spacial score (nSPS) is 12.3. The lowest BCUT2D eigenvalue weighted by atomic mass is 9.91. The summed E-state index contributed by atoms with van der Waals surface area (Å²) < 4.78 is 0. The molecule has 2 rings (SSSR count). The Labute approximate surface area is 133 Å². The average Bonchev–Trinajstić information content (AvgIpc) is 2.51. The van der Waals surface area contributed by atoms with Gasteiger partial charge >= 0.3 is 0 Å². The van der Waals surface area contributed by atoms with E-state index < -0.39 is 0 Å². The molecule has 1 N–H and O–H groups in total. The molecule has 0 saturated heterocycles. The first-order valence-electron chi connectivity index (χ1n) is 7.71. The second-order valence-electron chi connectivity index (χ2n) is 5.60. The maximum atomic E-state index is 6.25. The largest absolute Gasteiger partial charge is 0.316 e. The van der Waals surface area contributed by atoms with E-state index in [1.807, 2.05) is 6.92 Å². The van der Waals surface area contributed by atoms with Crippen LogP contribution in [0, 0.1) is 6.92 Å². The Balaban J connectivity index is 2.13. The molecule has 0 radical (unpaired) electrons. The molecule has 0 saturated carbocycles. The van der Waals surface area contributed by atoms with Crippen LogP contribution in [0.15, 0.2) is 48.5 Å². The molecule has 112 valence electrons. The van der Waals surface area contributed by atoms with Gasteiger partial charge in [0, 0.05) is 17.5 Å². The molecule has 0 aliphatic rings. The van der Waals surface area contributed by atoms with Gasteiger partial charge in [0.2, 0.25) is 0 Å². The minimum atomic E-state index is 0.483. The summed E-state index contributed by atoms with van der Waals surface area (Å²) in [5.74, 6) is 0.483. The Bertz CT molecular complexity index is 551. The van der Waals surface area contributed by atoms with E-state index in [-0.39, 0.29) is 0 Å². The smallest absolute Gasteiger partial charge is 0.0437 e. The van der Waals surface area contributed by atoms with E-state index in [0.29, 0.717) is 5.92 Å². The van der Waals surface area contributed by atoms with Crippen LogP contribution in [0.4, 0.5) is 0 Å². The van der Waals surface area contributed by atoms with Crippen LogP contribution in [-0.2, 0) is 6.42 Å². The molecule has 2 heteroatoms. The fourth-order valence-corrected chi connectivity index (χ4v) is 2.74. The van der Waals surface area contributed by atoms with Crippen molar-refractivity contribution in [1.82, 2.24) is 5.32 Å². The van der Waals surface area contributed by atoms with Gasteiger partial charge in [-0.3, -0.25) is 0 Å². The van der Waals surface area contributed by atoms with Crippen LogP contribution in [0.1, 0.15) is 36.0 Å². The van der Waals surface area contributed by atoms with Crippen molar-refractivity contribution in [2.24, 2.45) is 0 Å². The molecule has 0 spiro atoms. The van der Waals surface area contributed by atoms with Crippen molar-refractivity contribution in [3.8, 4) is 0 Å². The predicted molar refractivity (Wildman–Crippen MR) is 92.2 cm³/mol. The average molecular weight is 302 g/mol. The molecule has 0 heterocycles. The lowest BCUT2D eigenvalue weighted by Gasteiger charge is -2.19. The summed E-state index contributed by atoms with van der Waals surface area (Å²) in [5.41, 5.74) is 3.83. The Morgan fingerprint density at radius 2 is 1.86 bits per heavy atom. The van der Waals surface area contributed by atoms with E-state index in [2.05, 4.69) is 60.8 Å². The highest BCUT2D eigenvalue weighted by molar-refractivity contribution is 6.31. The summed E-state index contributed by atoms with van der Waals surface area (Å²) >= 11 is 6.25. The van der Waals surface area contributed by atoms with E-state index in [1.165, 1.54) is 11.1 Å². The number of nitrogens with one attached hydrogen (secondary N) is 1. The molecule has 2 aromatic carbocycles. The quantitative estimate of drug-likeness (QED) is 0.712. The highest BCUT2D eigenvalue weighted by atomic mass is 35.5. The Morgan fingerprint density at radius 3 is 2.52 bits per heavy atom. The molecule has 1 unspecified atom stereocenters. The number of rotatable bonds is 7. The maximum Gasteiger partial charge on any atom is 0.0437 e. The van der Waals surface area contributed by atoms with E-state index in [0.717, 1.165) is 36.5 Å². The van der Waals surface area contributed by atoms with Crippen molar-refractivity contribution in [2.75, 3.05) is 13.1 Å². The Hall–Kier alpha value is -1.31. The van der Waals surface area contributed by atoms with Gasteiger partial charge in [-0.15, -0.1) is 0 Å². The molecule has 21 heavy (non-hydrogen) atoms. The maximum absolute atomic E-state index is 6.25. The van der Waals surface area contributed by atoms with Crippen molar-refractivity contribution in [3.05, 3.63) is 70.2 Å². The van der Waals surface area contributed by atoms with Gasteiger partial charge < -0.3 is 5.32 Å². The van der Waals surface area contributed by atoms with Crippen molar-refractivity contribution in [1.29, 1.82) is 0 Å². The highest BCUT2D eigenvalue weighted by Crippen LogP contribution is 2.23. The van der Waals surface area contributed by atoms with Crippen LogP contribution in [0.2, 0.25) is 5.02 Å². The molecule has 0 amide bonds. The van der Waals surface area contributed by atoms with Crippen molar-refractivity contribution < 1.29 is 0 Å². The van der Waals surface area contributed by atoms with Crippen molar-refractivity contribution in [2.45, 2.75) is 32.6 Å². The minimum absolute atomic E-state index is 0.483. The second-order valence-corrected chi connectivity index (χ2v) is 6.01. The standard InChI is InChI=1S/C19H24ClN/c1-3-11-21-14-18(17-7-5-4-6-8-17)12-16-10-9-15(2)19(20)13-16/h4-10,13,18,21H,3,11-12,14H2,1-2H3. The first-order valence-corrected chi connectivity index (χ1v) is 8.09. The number of hydrogen-bond donors (Lipinski definition) is 1. The third-order valence-electron chi connectivity index (χ3n) is 3.81. The predicted octanol–water partition coefficient (Wildman–Crippen LogP) is 4.97. The Kier molecular flexibility index (Phi) is 6.28. The molecular formula is C19H24ClN. The molecule has 1 atom stereocenters. The van der Waals surface area contributed by atoms with E-state index in [1.54, 1.807) is 0 Å². The fraction of sp³-hybridized carbons (Fsp3) is 0.368. The van der Waals surface area contributed by atoms with Gasteiger partial charge in [-0.1, -0.05) is 61.0 Å². The molecule has 0 fully saturated rings. The van der Waals surface area contributed by atoms with Crippen LogP contribution in [-0.4, -0.2) is 13.1 Å². The van der Waals surface area contributed by atoms with Gasteiger partial charge in [0.25, 0.3) is 0 Å². The zero-order valence-corrected chi connectivity index (χ0v) is 13.7. The van der Waals surface area contributed by atoms with Gasteiger partial charge in [-0.25, -0.2) is 0 Å². The molecule has 0 aliphatic heterocycles. The molecule has 0 aliphatic carbocycles. The van der Waals surface area contributed by atoms with E-state index >= 15 is 0 Å². The van der Waals surface area contributed by atoms with Gasteiger partial charge in [0.1, 0.15) is 0 Å². The summed E-state index contributed by atoms with van der Waals surface area (Å²) in [6, 6.07) is 17.1. The van der Waals surface area contributed by atoms with Crippen LogP contribution < -0.4 is 5.32 Å². The van der Waals surface area contributed by atoms with Crippen LogP contribution in [0.5, 0.6) is 0 Å². The van der Waals surface area contributed by atoms with E-state index in [4.69, 9.17) is 11.6 Å². The summed E-state index contributed by atoms with van der Waals surface area (Å²) in [6.07, 6.45) is 2.18. The number of aryl methyl sites for hydroxylation is 1. The highest BCUT2D eigenvalue weighted by Gasteiger charge is 2.12. The van der Waals surface area contributed by atoms with Gasteiger partial charge in [-0.05, 0) is 49.1 Å². The third-order valence-corrected chi connectivity index (χ3v) is 4.21. The van der Waals surface area contributed by atoms with Crippen LogP contribution >= 0.6 is 11.6 Å². The third kappa shape index (κ3) is 4.87. The van der Waals surface area contributed by atoms with Crippen molar-refractivity contribution in [3.63, 3.8) is 0 Å². The molecule has 0 aromatic heterocycles. The zero-order valence-electron chi connectivity index (χ0n) is 12.9. The summed E-state index contributed by atoms with van der Waals surface area (Å²) in [5, 5.41) is 4.41.